The summed E-state index contributed by atoms with van der Waals surface area (Å²) in [6.07, 6.45) is -2.70. The van der Waals surface area contributed by atoms with Gasteiger partial charge in [-0.2, -0.15) is 0 Å². The average molecular weight is 253 g/mol. The van der Waals surface area contributed by atoms with Gasteiger partial charge in [0.05, 0.1) is 6.61 Å². The molecule has 0 aliphatic carbocycles. The van der Waals surface area contributed by atoms with Gasteiger partial charge >= 0.3 is 5.97 Å². The largest absolute Gasteiger partial charge is 0.480 e. The highest BCUT2D eigenvalue weighted by Gasteiger charge is 2.22. The second-order valence-corrected chi connectivity index (χ2v) is 3.84. The minimum atomic E-state index is -2.57. The SMILES string of the molecule is CC(C)C(NC(=O)CCOCC(F)F)C(=O)O. The Morgan fingerprint density at radius 3 is 2.35 bits per heavy atom. The van der Waals surface area contributed by atoms with Gasteiger partial charge < -0.3 is 15.2 Å². The number of carbonyl (C=O) groups is 2. The predicted molar refractivity (Wildman–Crippen MR) is 55.8 cm³/mol. The van der Waals surface area contributed by atoms with Crippen LogP contribution in [-0.4, -0.2) is 42.7 Å². The van der Waals surface area contributed by atoms with Crippen molar-refractivity contribution in [2.45, 2.75) is 32.7 Å². The Morgan fingerprint density at radius 1 is 1.35 bits per heavy atom. The molecule has 0 aliphatic rings. The second-order valence-electron chi connectivity index (χ2n) is 3.84. The number of carboxylic acid groups (broad SMARTS) is 1. The molecular formula is C10H17F2NO4. The highest BCUT2D eigenvalue weighted by molar-refractivity contribution is 5.83. The third-order valence-corrected chi connectivity index (χ3v) is 1.97. The zero-order valence-electron chi connectivity index (χ0n) is 9.78. The van der Waals surface area contributed by atoms with Crippen molar-refractivity contribution in [3.05, 3.63) is 0 Å². The van der Waals surface area contributed by atoms with Crippen molar-refractivity contribution >= 4 is 11.9 Å². The number of halogens is 2. The van der Waals surface area contributed by atoms with E-state index in [4.69, 9.17) is 5.11 Å². The highest BCUT2D eigenvalue weighted by Crippen LogP contribution is 2.02. The van der Waals surface area contributed by atoms with E-state index in [1.807, 2.05) is 0 Å². The summed E-state index contributed by atoms with van der Waals surface area (Å²) in [7, 11) is 0. The number of aliphatic carboxylic acids is 1. The van der Waals surface area contributed by atoms with Crippen LogP contribution in [0.15, 0.2) is 0 Å². The molecule has 0 aromatic rings. The van der Waals surface area contributed by atoms with E-state index in [9.17, 15) is 18.4 Å². The first-order chi connectivity index (χ1) is 7.84. The quantitative estimate of drug-likeness (QED) is 0.630. The Balaban J connectivity index is 3.87. The van der Waals surface area contributed by atoms with Crippen molar-refractivity contribution in [1.29, 1.82) is 0 Å². The van der Waals surface area contributed by atoms with Crippen LogP contribution in [0.5, 0.6) is 0 Å². The van der Waals surface area contributed by atoms with Gasteiger partial charge in [-0.25, -0.2) is 13.6 Å². The summed E-state index contributed by atoms with van der Waals surface area (Å²) in [6, 6.07) is -0.974. The number of carboxylic acids is 1. The number of hydrogen-bond donors (Lipinski definition) is 2. The molecule has 0 rings (SSSR count). The van der Waals surface area contributed by atoms with E-state index in [1.54, 1.807) is 13.8 Å². The number of carbonyl (C=O) groups excluding carboxylic acids is 1. The van der Waals surface area contributed by atoms with Gasteiger partial charge in [0.25, 0.3) is 6.43 Å². The topological polar surface area (TPSA) is 75.6 Å². The lowest BCUT2D eigenvalue weighted by molar-refractivity contribution is -0.143. The summed E-state index contributed by atoms with van der Waals surface area (Å²) >= 11 is 0. The fourth-order valence-corrected chi connectivity index (χ4v) is 1.10. The highest BCUT2D eigenvalue weighted by atomic mass is 19.3. The van der Waals surface area contributed by atoms with Crippen LogP contribution in [0.4, 0.5) is 8.78 Å². The molecule has 0 bridgehead atoms. The maximum Gasteiger partial charge on any atom is 0.326 e. The van der Waals surface area contributed by atoms with E-state index in [1.165, 1.54) is 0 Å². The Bertz CT molecular complexity index is 259. The molecule has 0 aromatic carbocycles. The van der Waals surface area contributed by atoms with Crippen molar-refractivity contribution in [2.24, 2.45) is 5.92 Å². The first-order valence-corrected chi connectivity index (χ1v) is 5.22. The number of ether oxygens (including phenoxy) is 1. The van der Waals surface area contributed by atoms with Crippen LogP contribution in [0, 0.1) is 5.92 Å². The molecule has 0 aliphatic heterocycles. The first kappa shape index (κ1) is 15.8. The second kappa shape index (κ2) is 7.94. The summed E-state index contributed by atoms with van der Waals surface area (Å²) in [5.74, 6) is -1.90. The Labute approximate surface area is 98.1 Å². The third-order valence-electron chi connectivity index (χ3n) is 1.97. The lowest BCUT2D eigenvalue weighted by Crippen LogP contribution is -2.44. The van der Waals surface area contributed by atoms with Gasteiger partial charge in [0.1, 0.15) is 12.6 Å². The number of hydrogen-bond acceptors (Lipinski definition) is 3. The Morgan fingerprint density at radius 2 is 1.94 bits per heavy atom. The standard InChI is InChI=1S/C10H17F2NO4/c1-6(2)9(10(15)16)13-8(14)3-4-17-5-7(11)12/h6-7,9H,3-5H2,1-2H3,(H,13,14)(H,15,16). The molecule has 0 radical (unpaired) electrons. The summed E-state index contributed by atoms with van der Waals surface area (Å²) in [5.41, 5.74) is 0. The molecule has 0 saturated carbocycles. The molecule has 7 heteroatoms. The fraction of sp³-hybridized carbons (Fsp3) is 0.800. The molecule has 1 atom stereocenters. The molecule has 1 amide bonds. The number of rotatable bonds is 8. The van der Waals surface area contributed by atoms with Crippen molar-refractivity contribution < 1.29 is 28.2 Å². The Hall–Kier alpha value is -1.24. The van der Waals surface area contributed by atoms with E-state index in [2.05, 4.69) is 10.1 Å². The van der Waals surface area contributed by atoms with Gasteiger partial charge in [0.15, 0.2) is 0 Å². The molecule has 0 spiro atoms. The summed E-state index contributed by atoms with van der Waals surface area (Å²) in [6.45, 7) is 2.44. The van der Waals surface area contributed by atoms with Crippen molar-refractivity contribution in [3.8, 4) is 0 Å². The van der Waals surface area contributed by atoms with Crippen LogP contribution >= 0.6 is 0 Å². The van der Waals surface area contributed by atoms with Gasteiger partial charge in [0, 0.05) is 6.42 Å². The molecule has 17 heavy (non-hydrogen) atoms. The lowest BCUT2D eigenvalue weighted by Gasteiger charge is -2.17. The van der Waals surface area contributed by atoms with Crippen molar-refractivity contribution in [1.82, 2.24) is 5.32 Å². The third kappa shape index (κ3) is 7.62. The van der Waals surface area contributed by atoms with Gasteiger partial charge in [0.2, 0.25) is 5.91 Å². The smallest absolute Gasteiger partial charge is 0.326 e. The number of nitrogens with one attached hydrogen (secondary N) is 1. The van der Waals surface area contributed by atoms with Crippen molar-refractivity contribution in [2.75, 3.05) is 13.2 Å². The van der Waals surface area contributed by atoms with Crippen LogP contribution in [0.3, 0.4) is 0 Å². The number of amides is 1. The van der Waals surface area contributed by atoms with Crippen LogP contribution in [0.1, 0.15) is 20.3 Å². The van der Waals surface area contributed by atoms with Gasteiger partial charge in [-0.1, -0.05) is 13.8 Å². The summed E-state index contributed by atoms with van der Waals surface area (Å²) in [5, 5.41) is 11.1. The zero-order valence-corrected chi connectivity index (χ0v) is 9.78. The molecule has 0 heterocycles. The van der Waals surface area contributed by atoms with E-state index < -0.39 is 31.0 Å². The molecule has 100 valence electrons. The molecule has 0 fully saturated rings. The molecule has 1 unspecified atom stereocenters. The molecular weight excluding hydrogens is 236 g/mol. The van der Waals surface area contributed by atoms with Crippen LogP contribution < -0.4 is 5.32 Å². The molecule has 5 nitrogen and oxygen atoms in total. The zero-order chi connectivity index (χ0) is 13.4. The van der Waals surface area contributed by atoms with Gasteiger partial charge in [-0.15, -0.1) is 0 Å². The maximum atomic E-state index is 11.7. The Kier molecular flexibility index (Phi) is 7.36. The minimum Gasteiger partial charge on any atom is -0.480 e. The molecule has 0 aromatic heterocycles. The molecule has 2 N–H and O–H groups in total. The number of alkyl halides is 2. The molecule has 0 saturated heterocycles. The first-order valence-electron chi connectivity index (χ1n) is 5.22. The van der Waals surface area contributed by atoms with E-state index in [0.29, 0.717) is 0 Å². The van der Waals surface area contributed by atoms with Crippen LogP contribution in [0.2, 0.25) is 0 Å². The maximum absolute atomic E-state index is 11.7. The van der Waals surface area contributed by atoms with Gasteiger partial charge in [-0.3, -0.25) is 4.79 Å². The average Bonchev–Trinajstić information content (AvgIpc) is 2.19. The monoisotopic (exact) mass is 253 g/mol. The van der Waals surface area contributed by atoms with E-state index >= 15 is 0 Å². The summed E-state index contributed by atoms with van der Waals surface area (Å²) in [4.78, 5) is 22.0. The minimum absolute atomic E-state index is 0.136. The normalized spacial score (nSPS) is 12.8. The predicted octanol–water partition coefficient (Wildman–Crippen LogP) is 0.884. The lowest BCUT2D eigenvalue weighted by atomic mass is 10.0. The van der Waals surface area contributed by atoms with Gasteiger partial charge in [-0.05, 0) is 5.92 Å². The summed E-state index contributed by atoms with van der Waals surface area (Å²) < 4.78 is 27.9. The van der Waals surface area contributed by atoms with Crippen LogP contribution in [-0.2, 0) is 14.3 Å². The van der Waals surface area contributed by atoms with Crippen molar-refractivity contribution in [3.63, 3.8) is 0 Å². The fourth-order valence-electron chi connectivity index (χ4n) is 1.10. The van der Waals surface area contributed by atoms with E-state index in [-0.39, 0.29) is 18.9 Å². The van der Waals surface area contributed by atoms with Crippen LogP contribution in [0.25, 0.3) is 0 Å². The van der Waals surface area contributed by atoms with E-state index in [0.717, 1.165) is 0 Å².